The zero-order chi connectivity index (χ0) is 19.9. The summed E-state index contributed by atoms with van der Waals surface area (Å²) in [5.74, 6) is 0.144. The van der Waals surface area contributed by atoms with Gasteiger partial charge in [0.2, 0.25) is 0 Å². The monoisotopic (exact) mass is 392 g/mol. The number of nitrogens with zero attached hydrogens (tertiary/aromatic N) is 1. The molecule has 2 aliphatic rings. The number of benzene rings is 2. The number of ether oxygens (including phenoxy) is 2. The van der Waals surface area contributed by atoms with E-state index in [0.717, 1.165) is 12.1 Å². The maximum atomic E-state index is 13.0. The van der Waals surface area contributed by atoms with Crippen LogP contribution in [0.5, 0.6) is 11.5 Å². The molecule has 5 nitrogen and oxygen atoms in total. The van der Waals surface area contributed by atoms with Crippen LogP contribution in [0.4, 0.5) is 24.5 Å². The third kappa shape index (κ3) is 3.52. The van der Waals surface area contributed by atoms with Crippen LogP contribution in [-0.2, 0) is 11.0 Å². The molecule has 2 aliphatic heterocycles. The molecular weight excluding hydrogens is 373 g/mol. The highest BCUT2D eigenvalue weighted by Crippen LogP contribution is 2.43. The van der Waals surface area contributed by atoms with Crippen LogP contribution in [0.3, 0.4) is 0 Å². The van der Waals surface area contributed by atoms with Gasteiger partial charge in [0, 0.05) is 24.8 Å². The number of alkyl halides is 3. The molecule has 0 aromatic heterocycles. The van der Waals surface area contributed by atoms with Crippen LogP contribution >= 0.6 is 0 Å². The Hall–Kier alpha value is -2.74. The number of hydrogen-bond acceptors (Lipinski definition) is 5. The molecule has 2 aromatic carbocycles. The number of esters is 1. The Balaban J connectivity index is 1.64. The predicted molar refractivity (Wildman–Crippen MR) is 97.0 cm³/mol. The van der Waals surface area contributed by atoms with E-state index in [-0.39, 0.29) is 30.3 Å². The minimum atomic E-state index is -4.43. The molecule has 4 rings (SSSR count). The van der Waals surface area contributed by atoms with Crippen molar-refractivity contribution in [3.63, 3.8) is 0 Å². The molecule has 0 radical (unpaired) electrons. The first-order valence-corrected chi connectivity index (χ1v) is 8.98. The van der Waals surface area contributed by atoms with Crippen molar-refractivity contribution in [1.29, 1.82) is 0 Å². The number of carbonyl (C=O) groups excluding carboxylic acids is 1. The molecule has 0 aliphatic carbocycles. The van der Waals surface area contributed by atoms with Gasteiger partial charge in [0.25, 0.3) is 0 Å². The molecule has 0 saturated carbocycles. The fourth-order valence-electron chi connectivity index (χ4n) is 3.27. The van der Waals surface area contributed by atoms with E-state index < -0.39 is 11.7 Å². The van der Waals surface area contributed by atoms with Gasteiger partial charge in [-0.3, -0.25) is 4.79 Å². The number of halogens is 3. The van der Waals surface area contributed by atoms with Gasteiger partial charge in [-0.2, -0.15) is 13.2 Å². The smallest absolute Gasteiger partial charge is 0.416 e. The summed E-state index contributed by atoms with van der Waals surface area (Å²) in [6.45, 7) is 3.37. The van der Waals surface area contributed by atoms with Crippen molar-refractivity contribution in [2.75, 3.05) is 24.6 Å². The lowest BCUT2D eigenvalue weighted by Crippen LogP contribution is -2.48. The zero-order valence-corrected chi connectivity index (χ0v) is 15.1. The number of nitrogens with one attached hydrogen (secondary N) is 1. The topological polar surface area (TPSA) is 50.8 Å². The van der Waals surface area contributed by atoms with Crippen LogP contribution in [0.1, 0.15) is 12.5 Å². The average molecular weight is 392 g/mol. The molecule has 1 fully saturated rings. The van der Waals surface area contributed by atoms with Crippen molar-refractivity contribution in [2.24, 2.45) is 5.92 Å². The Morgan fingerprint density at radius 2 is 2.00 bits per heavy atom. The van der Waals surface area contributed by atoms with Crippen LogP contribution in [0.25, 0.3) is 0 Å². The fraction of sp³-hybridized carbons (Fsp3) is 0.350. The molecule has 1 saturated heterocycles. The van der Waals surface area contributed by atoms with E-state index in [1.54, 1.807) is 18.2 Å². The molecular formula is C20H19F3N2O3. The van der Waals surface area contributed by atoms with Crippen molar-refractivity contribution in [3.8, 4) is 11.5 Å². The predicted octanol–water partition coefficient (Wildman–Crippen LogP) is 3.75. The number of carbonyl (C=O) groups is 1. The van der Waals surface area contributed by atoms with Crippen molar-refractivity contribution in [1.82, 2.24) is 5.32 Å². The van der Waals surface area contributed by atoms with Crippen LogP contribution in [0.2, 0.25) is 0 Å². The first-order chi connectivity index (χ1) is 13.3. The quantitative estimate of drug-likeness (QED) is 0.637. The van der Waals surface area contributed by atoms with Gasteiger partial charge >= 0.3 is 12.1 Å². The largest absolute Gasteiger partial charge is 0.489 e. The summed E-state index contributed by atoms with van der Waals surface area (Å²) in [7, 11) is 0. The highest BCUT2D eigenvalue weighted by molar-refractivity contribution is 5.78. The molecule has 0 bridgehead atoms. The van der Waals surface area contributed by atoms with Crippen molar-refractivity contribution in [3.05, 3.63) is 48.0 Å². The first-order valence-electron chi connectivity index (χ1n) is 8.98. The highest BCUT2D eigenvalue weighted by atomic mass is 19.4. The third-order valence-corrected chi connectivity index (χ3v) is 4.90. The Morgan fingerprint density at radius 1 is 1.21 bits per heavy atom. The van der Waals surface area contributed by atoms with E-state index in [4.69, 9.17) is 9.47 Å². The van der Waals surface area contributed by atoms with Crippen molar-refractivity contribution < 1.29 is 27.4 Å². The summed E-state index contributed by atoms with van der Waals surface area (Å²) in [5, 5.41) is 3.02. The molecule has 0 spiro atoms. The lowest BCUT2D eigenvalue weighted by atomic mass is 10.0. The molecule has 2 heterocycles. The number of rotatable bonds is 3. The van der Waals surface area contributed by atoms with Gasteiger partial charge in [-0.15, -0.1) is 0 Å². The van der Waals surface area contributed by atoms with Gasteiger partial charge in [0.05, 0.1) is 23.2 Å². The summed E-state index contributed by atoms with van der Waals surface area (Å²) >= 11 is 0. The normalized spacial score (nSPS) is 19.4. The van der Waals surface area contributed by atoms with E-state index >= 15 is 0 Å². The SMILES string of the molecule is CC1COc2cc(C(F)(F)F)ccc2N1c1cccc(OC(=O)C2CNC2)c1. The molecule has 1 unspecified atom stereocenters. The number of fused-ring (bicyclic) bond motifs is 1. The summed E-state index contributed by atoms with van der Waals surface area (Å²) in [6, 6.07) is 10.3. The standard InChI is InChI=1S/C20H19F3N2O3/c1-12-11-27-18-7-14(20(21,22)23)5-6-17(18)25(12)15-3-2-4-16(8-15)28-19(26)13-9-24-10-13/h2-8,12-13,24H,9-11H2,1H3. The van der Waals surface area contributed by atoms with E-state index in [2.05, 4.69) is 5.32 Å². The first kappa shape index (κ1) is 18.6. The van der Waals surface area contributed by atoms with Gasteiger partial charge in [-0.05, 0) is 37.3 Å². The Morgan fingerprint density at radius 3 is 2.68 bits per heavy atom. The van der Waals surface area contributed by atoms with E-state index in [1.807, 2.05) is 17.9 Å². The summed E-state index contributed by atoms with van der Waals surface area (Å²) in [5.41, 5.74) is 0.504. The zero-order valence-electron chi connectivity index (χ0n) is 15.1. The molecule has 28 heavy (non-hydrogen) atoms. The minimum Gasteiger partial charge on any atom is -0.489 e. The Bertz CT molecular complexity index is 897. The van der Waals surface area contributed by atoms with Crippen molar-refractivity contribution >= 4 is 17.3 Å². The summed E-state index contributed by atoms with van der Waals surface area (Å²) in [4.78, 5) is 14.0. The molecule has 1 atom stereocenters. The van der Waals surface area contributed by atoms with Gasteiger partial charge in [-0.25, -0.2) is 0 Å². The van der Waals surface area contributed by atoms with Crippen LogP contribution in [-0.4, -0.2) is 31.7 Å². The number of anilines is 2. The maximum Gasteiger partial charge on any atom is 0.416 e. The lowest BCUT2D eigenvalue weighted by molar-refractivity contribution is -0.140. The van der Waals surface area contributed by atoms with E-state index in [9.17, 15) is 18.0 Å². The molecule has 8 heteroatoms. The molecule has 2 aromatic rings. The second-order valence-corrected chi connectivity index (χ2v) is 6.98. The van der Waals surface area contributed by atoms with Crippen LogP contribution in [0, 0.1) is 5.92 Å². The number of hydrogen-bond donors (Lipinski definition) is 1. The second kappa shape index (κ2) is 7.01. The van der Waals surface area contributed by atoms with E-state index in [0.29, 0.717) is 30.2 Å². The minimum absolute atomic E-state index is 0.106. The third-order valence-electron chi connectivity index (χ3n) is 4.90. The van der Waals surface area contributed by atoms with Crippen LogP contribution in [0.15, 0.2) is 42.5 Å². The summed E-state index contributed by atoms with van der Waals surface area (Å²) < 4.78 is 50.0. The lowest BCUT2D eigenvalue weighted by Gasteiger charge is -2.37. The summed E-state index contributed by atoms with van der Waals surface area (Å²) in [6.07, 6.45) is -4.43. The average Bonchev–Trinajstić information content (AvgIpc) is 2.59. The fourth-order valence-corrected chi connectivity index (χ4v) is 3.27. The molecule has 1 N–H and O–H groups in total. The second-order valence-electron chi connectivity index (χ2n) is 6.98. The highest BCUT2D eigenvalue weighted by Gasteiger charge is 2.34. The van der Waals surface area contributed by atoms with Crippen LogP contribution < -0.4 is 19.7 Å². The molecule has 0 amide bonds. The Labute approximate surface area is 160 Å². The van der Waals surface area contributed by atoms with E-state index in [1.165, 1.54) is 6.07 Å². The maximum absolute atomic E-state index is 13.0. The molecule has 148 valence electrons. The van der Waals surface area contributed by atoms with Gasteiger partial charge in [0.1, 0.15) is 18.1 Å². The Kier molecular flexibility index (Phi) is 4.66. The van der Waals surface area contributed by atoms with Gasteiger partial charge in [0.15, 0.2) is 0 Å². The van der Waals surface area contributed by atoms with Crippen molar-refractivity contribution in [2.45, 2.75) is 19.1 Å². The van der Waals surface area contributed by atoms with Gasteiger partial charge < -0.3 is 19.7 Å². The van der Waals surface area contributed by atoms with Gasteiger partial charge in [-0.1, -0.05) is 6.07 Å².